The number of rotatable bonds is 5. The minimum atomic E-state index is 0.259. The van der Waals surface area contributed by atoms with Crippen LogP contribution in [0.4, 0.5) is 0 Å². The van der Waals surface area contributed by atoms with Crippen molar-refractivity contribution >= 4 is 11.3 Å². The fourth-order valence-electron chi connectivity index (χ4n) is 3.10. The Balaban J connectivity index is 1.20. The zero-order valence-corrected chi connectivity index (χ0v) is 15.2. The van der Waals surface area contributed by atoms with E-state index in [2.05, 4.69) is 42.5 Å². The molecule has 0 unspecified atom stereocenters. The molecule has 0 bridgehead atoms. The van der Waals surface area contributed by atoms with E-state index in [4.69, 9.17) is 9.51 Å². The Labute approximate surface area is 159 Å². The summed E-state index contributed by atoms with van der Waals surface area (Å²) in [7, 11) is 0. The highest BCUT2D eigenvalue weighted by atomic mass is 32.1. The van der Waals surface area contributed by atoms with Crippen molar-refractivity contribution in [2.24, 2.45) is 0 Å². The second-order valence-corrected chi connectivity index (χ2v) is 7.31. The smallest absolute Gasteiger partial charge is 0.232 e. The zero-order chi connectivity index (χ0) is 18.1. The molecule has 1 aliphatic rings. The standard InChI is InChI=1S/C19H16N6OS/c1-2-4-13(5-3-1)19-22-15(12-27-19)11-25-9-14(10-25)18-23-17(24-26-18)16-8-20-6-7-21-16/h1-8,12,14H,9-11H2. The summed E-state index contributed by atoms with van der Waals surface area (Å²) in [5, 5.41) is 7.21. The highest BCUT2D eigenvalue weighted by Crippen LogP contribution is 2.30. The third kappa shape index (κ3) is 3.36. The van der Waals surface area contributed by atoms with Crippen LogP contribution in [0.25, 0.3) is 22.1 Å². The Bertz CT molecular complexity index is 1030. The van der Waals surface area contributed by atoms with Gasteiger partial charge in [0.05, 0.1) is 17.8 Å². The molecule has 27 heavy (non-hydrogen) atoms. The summed E-state index contributed by atoms with van der Waals surface area (Å²) in [4.78, 5) is 19.8. The van der Waals surface area contributed by atoms with Crippen LogP contribution in [0.2, 0.25) is 0 Å². The van der Waals surface area contributed by atoms with Crippen LogP contribution < -0.4 is 0 Å². The van der Waals surface area contributed by atoms with Gasteiger partial charge in [0.25, 0.3) is 0 Å². The van der Waals surface area contributed by atoms with Crippen LogP contribution in [0, 0.1) is 0 Å². The quantitative estimate of drug-likeness (QED) is 0.529. The predicted octanol–water partition coefficient (Wildman–Crippen LogP) is 3.25. The second-order valence-electron chi connectivity index (χ2n) is 6.45. The normalized spacial score (nSPS) is 15.0. The van der Waals surface area contributed by atoms with Gasteiger partial charge in [0.1, 0.15) is 10.7 Å². The third-order valence-electron chi connectivity index (χ3n) is 4.50. The van der Waals surface area contributed by atoms with Gasteiger partial charge in [-0.05, 0) is 0 Å². The van der Waals surface area contributed by atoms with Gasteiger partial charge in [-0.15, -0.1) is 11.3 Å². The van der Waals surface area contributed by atoms with Gasteiger partial charge in [-0.25, -0.2) is 9.97 Å². The molecule has 1 fully saturated rings. The highest BCUT2D eigenvalue weighted by molar-refractivity contribution is 7.13. The largest absolute Gasteiger partial charge is 0.339 e. The molecule has 7 nitrogen and oxygen atoms in total. The van der Waals surface area contributed by atoms with E-state index in [0.29, 0.717) is 17.4 Å². The van der Waals surface area contributed by atoms with E-state index in [1.807, 2.05) is 18.2 Å². The minimum absolute atomic E-state index is 0.259. The molecule has 0 spiro atoms. The number of hydrogen-bond acceptors (Lipinski definition) is 8. The van der Waals surface area contributed by atoms with Gasteiger partial charge in [-0.3, -0.25) is 9.88 Å². The van der Waals surface area contributed by atoms with Crippen molar-refractivity contribution in [1.29, 1.82) is 0 Å². The molecule has 8 heteroatoms. The van der Waals surface area contributed by atoms with Crippen LogP contribution in [-0.4, -0.2) is 43.1 Å². The first-order chi connectivity index (χ1) is 13.3. The average molecular weight is 376 g/mol. The summed E-state index contributed by atoms with van der Waals surface area (Å²) < 4.78 is 5.41. The molecular weight excluding hydrogens is 360 g/mol. The maximum atomic E-state index is 5.41. The Hall–Kier alpha value is -2.97. The lowest BCUT2D eigenvalue weighted by atomic mass is 10.00. The van der Waals surface area contributed by atoms with E-state index in [1.54, 1.807) is 29.9 Å². The Morgan fingerprint density at radius 1 is 1.11 bits per heavy atom. The maximum Gasteiger partial charge on any atom is 0.232 e. The molecule has 0 atom stereocenters. The molecular formula is C19H16N6OS. The van der Waals surface area contributed by atoms with Gasteiger partial charge in [-0.2, -0.15) is 4.98 Å². The van der Waals surface area contributed by atoms with Crippen LogP contribution in [0.1, 0.15) is 17.5 Å². The van der Waals surface area contributed by atoms with Gasteiger partial charge in [0.2, 0.25) is 11.7 Å². The minimum Gasteiger partial charge on any atom is -0.339 e. The topological polar surface area (TPSA) is 80.8 Å². The molecule has 0 amide bonds. The average Bonchev–Trinajstić information content (AvgIpc) is 3.36. The summed E-state index contributed by atoms with van der Waals surface area (Å²) in [5.41, 5.74) is 2.89. The first-order valence-corrected chi connectivity index (χ1v) is 9.55. The Morgan fingerprint density at radius 2 is 2.00 bits per heavy atom. The van der Waals surface area contributed by atoms with Gasteiger partial charge in [0.15, 0.2) is 0 Å². The van der Waals surface area contributed by atoms with Crippen molar-refractivity contribution in [2.45, 2.75) is 12.5 Å². The van der Waals surface area contributed by atoms with Gasteiger partial charge < -0.3 is 4.52 Å². The van der Waals surface area contributed by atoms with Crippen LogP contribution in [0.15, 0.2) is 58.8 Å². The van der Waals surface area contributed by atoms with Crippen molar-refractivity contribution in [3.05, 3.63) is 65.9 Å². The van der Waals surface area contributed by atoms with Crippen molar-refractivity contribution in [2.75, 3.05) is 13.1 Å². The van der Waals surface area contributed by atoms with Crippen molar-refractivity contribution < 1.29 is 4.52 Å². The summed E-state index contributed by atoms with van der Waals surface area (Å²) in [5.74, 6) is 1.41. The van der Waals surface area contributed by atoms with E-state index in [9.17, 15) is 0 Å². The lowest BCUT2D eigenvalue weighted by Crippen LogP contribution is -2.44. The summed E-state index contributed by atoms with van der Waals surface area (Å²) in [6.07, 6.45) is 4.87. The molecule has 134 valence electrons. The highest BCUT2D eigenvalue weighted by Gasteiger charge is 2.33. The summed E-state index contributed by atoms with van der Waals surface area (Å²) >= 11 is 1.69. The van der Waals surface area contributed by atoms with E-state index in [-0.39, 0.29) is 5.92 Å². The SMILES string of the molecule is c1ccc(-c2nc(CN3CC(c4nc(-c5cnccn5)no4)C3)cs2)cc1. The summed E-state index contributed by atoms with van der Waals surface area (Å²) in [6.45, 7) is 2.62. The number of benzene rings is 1. The summed E-state index contributed by atoms with van der Waals surface area (Å²) in [6, 6.07) is 10.3. The first kappa shape index (κ1) is 16.2. The maximum absolute atomic E-state index is 5.41. The fourth-order valence-corrected chi connectivity index (χ4v) is 3.91. The number of nitrogens with zero attached hydrogens (tertiary/aromatic N) is 6. The monoisotopic (exact) mass is 376 g/mol. The van der Waals surface area contributed by atoms with E-state index in [0.717, 1.165) is 35.9 Å². The molecule has 1 aliphatic heterocycles. The number of thiazole rings is 1. The molecule has 0 aliphatic carbocycles. The van der Waals surface area contributed by atoms with E-state index < -0.39 is 0 Å². The number of aromatic nitrogens is 5. The van der Waals surface area contributed by atoms with E-state index in [1.165, 1.54) is 0 Å². The van der Waals surface area contributed by atoms with Gasteiger partial charge in [0, 0.05) is 43.0 Å². The Morgan fingerprint density at radius 3 is 2.81 bits per heavy atom. The number of hydrogen-bond donors (Lipinski definition) is 0. The molecule has 1 aromatic carbocycles. The zero-order valence-electron chi connectivity index (χ0n) is 14.4. The van der Waals surface area contributed by atoms with E-state index >= 15 is 0 Å². The third-order valence-corrected chi connectivity index (χ3v) is 5.44. The van der Waals surface area contributed by atoms with Crippen LogP contribution in [0.5, 0.6) is 0 Å². The number of likely N-dealkylation sites (tertiary alicyclic amines) is 1. The fraction of sp³-hybridized carbons (Fsp3) is 0.211. The van der Waals surface area contributed by atoms with Crippen molar-refractivity contribution in [3.63, 3.8) is 0 Å². The van der Waals surface area contributed by atoms with Crippen molar-refractivity contribution in [3.8, 4) is 22.1 Å². The molecule has 0 saturated carbocycles. The van der Waals surface area contributed by atoms with Crippen LogP contribution >= 0.6 is 11.3 Å². The first-order valence-electron chi connectivity index (χ1n) is 8.67. The van der Waals surface area contributed by atoms with Gasteiger partial charge >= 0.3 is 0 Å². The molecule has 1 saturated heterocycles. The van der Waals surface area contributed by atoms with Gasteiger partial charge in [-0.1, -0.05) is 35.5 Å². The lowest BCUT2D eigenvalue weighted by molar-refractivity contribution is 0.116. The molecule has 3 aromatic heterocycles. The van der Waals surface area contributed by atoms with Crippen molar-refractivity contribution in [1.82, 2.24) is 30.0 Å². The molecule has 4 aromatic rings. The molecule has 0 N–H and O–H groups in total. The molecule has 4 heterocycles. The Kier molecular flexibility index (Phi) is 4.19. The molecule has 5 rings (SSSR count). The molecule has 0 radical (unpaired) electrons. The predicted molar refractivity (Wildman–Crippen MR) is 101 cm³/mol. The second kappa shape index (κ2) is 6.98. The van der Waals surface area contributed by atoms with Crippen LogP contribution in [0.3, 0.4) is 0 Å². The lowest BCUT2D eigenvalue weighted by Gasteiger charge is -2.36. The van der Waals surface area contributed by atoms with Crippen LogP contribution in [-0.2, 0) is 6.54 Å².